The summed E-state index contributed by atoms with van der Waals surface area (Å²) in [6.45, 7) is 3.81. The second-order valence-corrected chi connectivity index (χ2v) is 5.33. The second-order valence-electron chi connectivity index (χ2n) is 4.28. The normalized spacial score (nSPS) is 12.6. The fourth-order valence-corrected chi connectivity index (χ4v) is 2.24. The predicted molar refractivity (Wildman–Crippen MR) is 72.5 cm³/mol. The zero-order valence-corrected chi connectivity index (χ0v) is 12.3. The fraction of sp³-hybridized carbons (Fsp3) is 0.462. The maximum atomic E-state index is 12.5. The maximum absolute atomic E-state index is 12.5. The van der Waals surface area contributed by atoms with E-state index in [1.54, 1.807) is 13.8 Å². The van der Waals surface area contributed by atoms with E-state index in [9.17, 15) is 18.0 Å². The molecule has 0 fully saturated rings. The lowest BCUT2D eigenvalue weighted by Crippen LogP contribution is -2.34. The van der Waals surface area contributed by atoms with E-state index in [1.807, 2.05) is 6.07 Å². The van der Waals surface area contributed by atoms with Gasteiger partial charge in [0.1, 0.15) is 5.03 Å². The largest absolute Gasteiger partial charge is 0.447 e. The highest BCUT2D eigenvalue weighted by molar-refractivity contribution is 8.00. The Hall–Kier alpha value is -1.75. The average Bonchev–Trinajstić information content (AvgIpc) is 2.42. The summed E-state index contributed by atoms with van der Waals surface area (Å²) < 4.78 is 37.5. The first-order chi connectivity index (χ1) is 9.78. The van der Waals surface area contributed by atoms with Gasteiger partial charge >= 0.3 is 5.51 Å². The van der Waals surface area contributed by atoms with Crippen molar-refractivity contribution in [3.8, 4) is 6.07 Å². The van der Waals surface area contributed by atoms with Crippen molar-refractivity contribution in [2.45, 2.75) is 24.4 Å². The molecule has 1 atom stereocenters. The smallest absolute Gasteiger partial charge is 0.338 e. The van der Waals surface area contributed by atoms with Crippen LogP contribution in [0.25, 0.3) is 0 Å². The molecule has 8 heteroatoms. The molecule has 114 valence electrons. The van der Waals surface area contributed by atoms with Crippen LogP contribution in [-0.2, 0) is 0 Å². The van der Waals surface area contributed by atoms with Crippen LogP contribution in [0.15, 0.2) is 23.4 Å². The Balaban J connectivity index is 3.03. The molecule has 4 nitrogen and oxygen atoms in total. The van der Waals surface area contributed by atoms with Gasteiger partial charge in [0.05, 0.1) is 17.6 Å². The Bertz CT molecular complexity index is 542. The number of alkyl halides is 3. The number of rotatable bonds is 5. The zero-order chi connectivity index (χ0) is 16.0. The van der Waals surface area contributed by atoms with Gasteiger partial charge in [0.2, 0.25) is 0 Å². The minimum Gasteiger partial charge on any atom is -0.338 e. The molecular weight excluding hydrogens is 303 g/mol. The van der Waals surface area contributed by atoms with Crippen molar-refractivity contribution in [1.29, 1.82) is 5.26 Å². The third kappa shape index (κ3) is 5.27. The Labute approximate surface area is 125 Å². The van der Waals surface area contributed by atoms with Crippen LogP contribution in [0.5, 0.6) is 0 Å². The quantitative estimate of drug-likeness (QED) is 0.782. The van der Waals surface area contributed by atoms with Crippen LogP contribution >= 0.6 is 11.8 Å². The second kappa shape index (κ2) is 7.31. The van der Waals surface area contributed by atoms with Gasteiger partial charge in [0.25, 0.3) is 5.91 Å². The van der Waals surface area contributed by atoms with Gasteiger partial charge in [-0.05, 0) is 26.0 Å². The molecule has 0 aliphatic rings. The first kappa shape index (κ1) is 17.3. The Morgan fingerprint density at radius 2 is 2.24 bits per heavy atom. The van der Waals surface area contributed by atoms with Gasteiger partial charge in [-0.25, -0.2) is 4.98 Å². The van der Waals surface area contributed by atoms with Gasteiger partial charge < -0.3 is 4.90 Å². The van der Waals surface area contributed by atoms with Crippen molar-refractivity contribution in [3.63, 3.8) is 0 Å². The number of nitrogens with zero attached hydrogens (tertiary/aromatic N) is 3. The Morgan fingerprint density at radius 1 is 1.57 bits per heavy atom. The van der Waals surface area contributed by atoms with E-state index in [1.165, 1.54) is 23.2 Å². The molecule has 1 rings (SSSR count). The van der Waals surface area contributed by atoms with Gasteiger partial charge in [-0.1, -0.05) is 0 Å². The first-order valence-electron chi connectivity index (χ1n) is 6.18. The molecule has 21 heavy (non-hydrogen) atoms. The number of carbonyl (C=O) groups excluding carboxylic acids is 1. The first-order valence-corrected chi connectivity index (χ1v) is 6.99. The third-order valence-corrected chi connectivity index (χ3v) is 3.35. The summed E-state index contributed by atoms with van der Waals surface area (Å²) in [4.78, 5) is 17.3. The number of halogens is 3. The van der Waals surface area contributed by atoms with Crippen LogP contribution in [-0.4, -0.2) is 34.4 Å². The SMILES string of the molecule is CCN(C[C@H](C)C#N)C(=O)c1cccnc1SC(F)(F)F. The van der Waals surface area contributed by atoms with Crippen LogP contribution in [0.1, 0.15) is 24.2 Å². The van der Waals surface area contributed by atoms with Crippen molar-refractivity contribution in [3.05, 3.63) is 23.9 Å². The molecule has 0 spiro atoms. The number of hydrogen-bond donors (Lipinski definition) is 0. The average molecular weight is 317 g/mol. The van der Waals surface area contributed by atoms with Crippen LogP contribution in [0.2, 0.25) is 0 Å². The van der Waals surface area contributed by atoms with E-state index in [0.717, 1.165) is 0 Å². The molecule has 1 heterocycles. The van der Waals surface area contributed by atoms with Crippen molar-refractivity contribution in [1.82, 2.24) is 9.88 Å². The minimum absolute atomic E-state index is 0.105. The molecule has 0 bridgehead atoms. The topological polar surface area (TPSA) is 57.0 Å². The fourth-order valence-electron chi connectivity index (χ4n) is 1.64. The van der Waals surface area contributed by atoms with Crippen molar-refractivity contribution >= 4 is 17.7 Å². The summed E-state index contributed by atoms with van der Waals surface area (Å²) in [5, 5.41) is 8.41. The lowest BCUT2D eigenvalue weighted by atomic mass is 10.1. The molecule has 1 aromatic heterocycles. The zero-order valence-electron chi connectivity index (χ0n) is 11.5. The number of thioether (sulfide) groups is 1. The number of amides is 1. The van der Waals surface area contributed by atoms with Gasteiger partial charge in [0, 0.05) is 31.0 Å². The van der Waals surface area contributed by atoms with E-state index in [4.69, 9.17) is 5.26 Å². The monoisotopic (exact) mass is 317 g/mol. The van der Waals surface area contributed by atoms with E-state index >= 15 is 0 Å². The van der Waals surface area contributed by atoms with Gasteiger partial charge in [0.15, 0.2) is 0 Å². The lowest BCUT2D eigenvalue weighted by molar-refractivity contribution is -0.0329. The number of pyridine rings is 1. The summed E-state index contributed by atoms with van der Waals surface area (Å²) in [6, 6.07) is 4.71. The number of nitriles is 1. The summed E-state index contributed by atoms with van der Waals surface area (Å²) in [5.74, 6) is -0.955. The molecule has 0 unspecified atom stereocenters. The third-order valence-electron chi connectivity index (χ3n) is 2.60. The molecule has 0 radical (unpaired) electrons. The summed E-state index contributed by atoms with van der Waals surface area (Å²) in [7, 11) is 0. The molecular formula is C13H14F3N3OS. The van der Waals surface area contributed by atoms with Crippen molar-refractivity contribution in [2.24, 2.45) is 5.92 Å². The maximum Gasteiger partial charge on any atom is 0.447 e. The van der Waals surface area contributed by atoms with Crippen molar-refractivity contribution < 1.29 is 18.0 Å². The van der Waals surface area contributed by atoms with E-state index in [2.05, 4.69) is 4.98 Å². The van der Waals surface area contributed by atoms with Crippen LogP contribution < -0.4 is 0 Å². The molecule has 1 amide bonds. The number of hydrogen-bond acceptors (Lipinski definition) is 4. The molecule has 0 saturated carbocycles. The van der Waals surface area contributed by atoms with Gasteiger partial charge in [-0.2, -0.15) is 18.4 Å². The van der Waals surface area contributed by atoms with Crippen LogP contribution in [0, 0.1) is 17.2 Å². The predicted octanol–water partition coefficient (Wildman–Crippen LogP) is 3.32. The van der Waals surface area contributed by atoms with Gasteiger partial charge in [-0.15, -0.1) is 0 Å². The Morgan fingerprint density at radius 3 is 2.76 bits per heavy atom. The van der Waals surface area contributed by atoms with E-state index < -0.39 is 29.1 Å². The van der Waals surface area contributed by atoms with Crippen LogP contribution in [0.4, 0.5) is 13.2 Å². The van der Waals surface area contributed by atoms with E-state index in [0.29, 0.717) is 6.54 Å². The molecule has 0 N–H and O–H groups in total. The highest BCUT2D eigenvalue weighted by atomic mass is 32.2. The summed E-state index contributed by atoms with van der Waals surface area (Å²) in [6.07, 6.45) is 1.21. The molecule has 0 aliphatic heterocycles. The molecule has 1 aromatic rings. The minimum atomic E-state index is -4.51. The van der Waals surface area contributed by atoms with Gasteiger partial charge in [-0.3, -0.25) is 4.79 Å². The molecule has 0 saturated heterocycles. The standard InChI is InChI=1S/C13H14F3N3OS/c1-3-19(8-9(2)7-17)12(20)10-5-4-6-18-11(10)21-13(14,15)16/h4-6,9H,3,8H2,1-2H3/t9-/m1/s1. The highest BCUT2D eigenvalue weighted by Gasteiger charge is 2.33. The lowest BCUT2D eigenvalue weighted by Gasteiger charge is -2.22. The number of carbonyl (C=O) groups is 1. The van der Waals surface area contributed by atoms with Crippen molar-refractivity contribution in [2.75, 3.05) is 13.1 Å². The number of aromatic nitrogens is 1. The summed E-state index contributed by atoms with van der Waals surface area (Å²) in [5.41, 5.74) is -4.62. The van der Waals surface area contributed by atoms with Crippen LogP contribution in [0.3, 0.4) is 0 Å². The Kier molecular flexibility index (Phi) is 6.03. The van der Waals surface area contributed by atoms with E-state index in [-0.39, 0.29) is 17.1 Å². The molecule has 0 aromatic carbocycles. The summed E-state index contributed by atoms with van der Waals surface area (Å²) >= 11 is -0.415. The molecule has 0 aliphatic carbocycles. The highest BCUT2D eigenvalue weighted by Crippen LogP contribution is 2.37.